The number of carboxylic acid groups (broad SMARTS) is 1. The zero-order chi connectivity index (χ0) is 13.5. The molecule has 0 unspecified atom stereocenters. The van der Waals surface area contributed by atoms with Crippen molar-refractivity contribution in [2.24, 2.45) is 0 Å². The third-order valence-electron chi connectivity index (χ3n) is 3.13. The zero-order valence-electron chi connectivity index (χ0n) is 10.9. The van der Waals surface area contributed by atoms with Crippen molar-refractivity contribution in [1.29, 1.82) is 0 Å². The highest BCUT2D eigenvalue weighted by atomic mass is 16.4. The number of Topliss-reactive ketones (excluding diaryl/α,β-unsaturated/α-hetero) is 1. The van der Waals surface area contributed by atoms with Gasteiger partial charge in [-0.1, -0.05) is 0 Å². The third-order valence-corrected chi connectivity index (χ3v) is 3.13. The van der Waals surface area contributed by atoms with E-state index < -0.39 is 11.6 Å². The Labute approximate surface area is 106 Å². The van der Waals surface area contributed by atoms with Gasteiger partial charge in [0.1, 0.15) is 0 Å². The summed E-state index contributed by atoms with van der Waals surface area (Å²) in [5, 5.41) is 9.32. The van der Waals surface area contributed by atoms with Gasteiger partial charge in [-0.25, -0.2) is 4.79 Å². The summed E-state index contributed by atoms with van der Waals surface area (Å²) in [5.74, 6) is 0.147. The molecule has 0 heterocycles. The molecule has 2 rings (SSSR count). The summed E-state index contributed by atoms with van der Waals surface area (Å²) >= 11 is 0. The predicted octanol–water partition coefficient (Wildman–Crippen LogP) is 3.10. The van der Waals surface area contributed by atoms with E-state index >= 15 is 0 Å². The summed E-state index contributed by atoms with van der Waals surface area (Å²) in [6.45, 7) is 5.54. The Morgan fingerprint density at radius 2 is 1.94 bits per heavy atom. The maximum Gasteiger partial charge on any atom is 0.412 e. The average molecular weight is 247 g/mol. The van der Waals surface area contributed by atoms with Crippen LogP contribution in [0.5, 0.6) is 0 Å². The van der Waals surface area contributed by atoms with Crippen molar-refractivity contribution in [2.75, 3.05) is 4.90 Å². The highest BCUT2D eigenvalue weighted by Crippen LogP contribution is 2.30. The van der Waals surface area contributed by atoms with Crippen LogP contribution in [0.3, 0.4) is 0 Å². The van der Waals surface area contributed by atoms with Crippen LogP contribution in [-0.4, -0.2) is 22.5 Å². The minimum Gasteiger partial charge on any atom is -0.465 e. The molecule has 4 nitrogen and oxygen atoms in total. The summed E-state index contributed by atoms with van der Waals surface area (Å²) in [6, 6.07) is 5.27. The van der Waals surface area contributed by atoms with Crippen LogP contribution in [0.25, 0.3) is 0 Å². The van der Waals surface area contributed by atoms with Crippen LogP contribution < -0.4 is 4.90 Å². The fourth-order valence-electron chi connectivity index (χ4n) is 2.37. The zero-order valence-corrected chi connectivity index (χ0v) is 10.9. The molecular weight excluding hydrogens is 230 g/mol. The third kappa shape index (κ3) is 2.10. The quantitative estimate of drug-likeness (QED) is 0.829. The van der Waals surface area contributed by atoms with E-state index in [4.69, 9.17) is 0 Å². The van der Waals surface area contributed by atoms with Gasteiger partial charge < -0.3 is 5.11 Å². The minimum absolute atomic E-state index is 0.147. The number of rotatable bonds is 1. The first-order valence-electron chi connectivity index (χ1n) is 6.00. The van der Waals surface area contributed by atoms with Crippen LogP contribution in [-0.2, 0) is 6.42 Å². The molecule has 1 N–H and O–H groups in total. The van der Waals surface area contributed by atoms with Crippen molar-refractivity contribution in [3.05, 3.63) is 29.3 Å². The molecule has 1 aliphatic rings. The molecule has 0 radical (unpaired) electrons. The second-order valence-corrected chi connectivity index (χ2v) is 5.55. The number of carbonyl (C=O) groups excluding carboxylic acids is 1. The van der Waals surface area contributed by atoms with Gasteiger partial charge in [-0.2, -0.15) is 0 Å². The number of nitrogens with zero attached hydrogens (tertiary/aromatic N) is 1. The molecule has 96 valence electrons. The van der Waals surface area contributed by atoms with Crippen molar-refractivity contribution >= 4 is 17.6 Å². The first-order chi connectivity index (χ1) is 8.30. The van der Waals surface area contributed by atoms with E-state index in [9.17, 15) is 14.7 Å². The number of benzene rings is 1. The van der Waals surface area contributed by atoms with E-state index in [0.29, 0.717) is 18.5 Å². The monoisotopic (exact) mass is 247 g/mol. The Bertz CT molecular complexity index is 514. The molecule has 0 aliphatic heterocycles. The molecule has 0 atom stereocenters. The summed E-state index contributed by atoms with van der Waals surface area (Å²) in [7, 11) is 0. The van der Waals surface area contributed by atoms with Gasteiger partial charge in [-0.15, -0.1) is 0 Å². The highest BCUT2D eigenvalue weighted by Gasteiger charge is 2.29. The second-order valence-electron chi connectivity index (χ2n) is 5.55. The van der Waals surface area contributed by atoms with E-state index in [-0.39, 0.29) is 5.78 Å². The molecule has 4 heteroatoms. The topological polar surface area (TPSA) is 57.6 Å². The Balaban J connectivity index is 2.45. The number of carbonyl (C=O) groups is 2. The van der Waals surface area contributed by atoms with Crippen LogP contribution in [0.2, 0.25) is 0 Å². The number of aryl methyl sites for hydroxylation is 1. The van der Waals surface area contributed by atoms with Gasteiger partial charge in [-0.3, -0.25) is 9.69 Å². The molecule has 18 heavy (non-hydrogen) atoms. The van der Waals surface area contributed by atoms with E-state index in [0.717, 1.165) is 11.1 Å². The lowest BCUT2D eigenvalue weighted by Crippen LogP contribution is -2.45. The Morgan fingerprint density at radius 3 is 2.50 bits per heavy atom. The van der Waals surface area contributed by atoms with Crippen molar-refractivity contribution in [1.82, 2.24) is 0 Å². The number of hydrogen-bond acceptors (Lipinski definition) is 2. The van der Waals surface area contributed by atoms with Gasteiger partial charge in [0.05, 0.1) is 0 Å². The van der Waals surface area contributed by atoms with Crippen molar-refractivity contribution < 1.29 is 14.7 Å². The molecule has 0 saturated carbocycles. The molecule has 0 aromatic heterocycles. The van der Waals surface area contributed by atoms with Crippen molar-refractivity contribution in [2.45, 2.75) is 39.2 Å². The van der Waals surface area contributed by atoms with Gasteiger partial charge in [0, 0.05) is 23.2 Å². The lowest BCUT2D eigenvalue weighted by molar-refractivity contribution is 0.0994. The highest BCUT2D eigenvalue weighted by molar-refractivity contribution is 6.01. The predicted molar refractivity (Wildman–Crippen MR) is 69.4 cm³/mol. The molecule has 0 saturated heterocycles. The summed E-state index contributed by atoms with van der Waals surface area (Å²) in [6.07, 6.45) is 0.257. The van der Waals surface area contributed by atoms with Gasteiger partial charge in [0.25, 0.3) is 0 Å². The molecule has 0 spiro atoms. The van der Waals surface area contributed by atoms with Crippen LogP contribution in [0.15, 0.2) is 18.2 Å². The lowest BCUT2D eigenvalue weighted by Gasteiger charge is -2.33. The van der Waals surface area contributed by atoms with Crippen LogP contribution >= 0.6 is 0 Å². The molecule has 0 fully saturated rings. The smallest absolute Gasteiger partial charge is 0.412 e. The number of amides is 1. The Morgan fingerprint density at radius 1 is 1.28 bits per heavy atom. The number of ketones is 1. The summed E-state index contributed by atoms with van der Waals surface area (Å²) in [4.78, 5) is 24.2. The van der Waals surface area contributed by atoms with E-state index in [1.165, 1.54) is 4.90 Å². The molecule has 0 bridgehead atoms. The fourth-order valence-corrected chi connectivity index (χ4v) is 2.37. The first kappa shape index (κ1) is 12.6. The number of fused-ring (bicyclic) bond motifs is 1. The van der Waals surface area contributed by atoms with Gasteiger partial charge in [-0.05, 0) is 51.0 Å². The lowest BCUT2D eigenvalue weighted by atomic mass is 10.0. The molecule has 1 aromatic carbocycles. The summed E-state index contributed by atoms with van der Waals surface area (Å²) < 4.78 is 0. The van der Waals surface area contributed by atoms with Gasteiger partial charge in [0.15, 0.2) is 5.78 Å². The van der Waals surface area contributed by atoms with Crippen LogP contribution in [0, 0.1) is 0 Å². The molecule has 1 amide bonds. The fraction of sp³-hybridized carbons (Fsp3) is 0.429. The first-order valence-corrected chi connectivity index (χ1v) is 6.00. The SMILES string of the molecule is CC(C)(C)N(C(=O)O)c1ccc2c(c1)CCC2=O. The average Bonchev–Trinajstić information content (AvgIpc) is 2.57. The standard InChI is InChI=1S/C14H17NO3/c1-14(2,3)15(13(17)18)10-5-6-11-9(8-10)4-7-12(11)16/h5-6,8H,4,7H2,1-3H3,(H,17,18). The number of hydrogen-bond donors (Lipinski definition) is 1. The molecule has 1 aromatic rings. The van der Waals surface area contributed by atoms with Gasteiger partial charge >= 0.3 is 6.09 Å². The minimum atomic E-state index is -0.980. The van der Waals surface area contributed by atoms with Crippen molar-refractivity contribution in [3.8, 4) is 0 Å². The molecule has 1 aliphatic carbocycles. The normalized spacial score (nSPS) is 14.5. The Hall–Kier alpha value is -1.84. The maximum atomic E-state index is 11.5. The van der Waals surface area contributed by atoms with E-state index in [2.05, 4.69) is 0 Å². The van der Waals surface area contributed by atoms with E-state index in [1.54, 1.807) is 12.1 Å². The second kappa shape index (κ2) is 4.12. The van der Waals surface area contributed by atoms with Gasteiger partial charge in [0.2, 0.25) is 0 Å². The number of anilines is 1. The van der Waals surface area contributed by atoms with Crippen LogP contribution in [0.1, 0.15) is 43.1 Å². The Kier molecular flexibility index (Phi) is 2.89. The van der Waals surface area contributed by atoms with Crippen LogP contribution in [0.4, 0.5) is 10.5 Å². The van der Waals surface area contributed by atoms with E-state index in [1.807, 2.05) is 26.8 Å². The van der Waals surface area contributed by atoms with Crippen molar-refractivity contribution in [3.63, 3.8) is 0 Å². The molecular formula is C14H17NO3. The maximum absolute atomic E-state index is 11.5. The summed E-state index contributed by atoms with van der Waals surface area (Å²) in [5.41, 5.74) is 1.80. The largest absolute Gasteiger partial charge is 0.465 e.